The van der Waals surface area contributed by atoms with Gasteiger partial charge in [-0.2, -0.15) is 0 Å². The fourth-order valence-electron chi connectivity index (χ4n) is 1.62. The van der Waals surface area contributed by atoms with Gasteiger partial charge in [0.05, 0.1) is 12.3 Å². The van der Waals surface area contributed by atoms with Crippen molar-refractivity contribution in [3.05, 3.63) is 63.4 Å². The molecule has 0 fully saturated rings. The molecule has 0 amide bonds. The lowest BCUT2D eigenvalue weighted by Crippen LogP contribution is -1.99. The van der Waals surface area contributed by atoms with E-state index in [-0.39, 0.29) is 6.61 Å². The van der Waals surface area contributed by atoms with E-state index < -0.39 is 0 Å². The van der Waals surface area contributed by atoms with Crippen molar-refractivity contribution in [3.63, 3.8) is 0 Å². The van der Waals surface area contributed by atoms with Crippen molar-refractivity contribution in [2.24, 2.45) is 0 Å². The Morgan fingerprint density at radius 2 is 1.94 bits per heavy atom. The molecule has 2 nitrogen and oxygen atoms in total. The first-order chi connectivity index (χ1) is 8.20. The quantitative estimate of drug-likeness (QED) is 0.924. The van der Waals surface area contributed by atoms with Gasteiger partial charge in [-0.3, -0.25) is 4.98 Å². The lowest BCUT2D eigenvalue weighted by atomic mass is 10.1. The summed E-state index contributed by atoms with van der Waals surface area (Å²) in [6, 6.07) is 9.04. The minimum atomic E-state index is -0.0195. The molecule has 1 aromatic carbocycles. The second kappa shape index (κ2) is 5.50. The first-order valence-electron chi connectivity index (χ1n) is 5.18. The van der Waals surface area contributed by atoms with Crippen molar-refractivity contribution in [1.29, 1.82) is 0 Å². The molecule has 0 radical (unpaired) electrons. The van der Waals surface area contributed by atoms with Gasteiger partial charge in [0.2, 0.25) is 0 Å². The van der Waals surface area contributed by atoms with Crippen LogP contribution in [0.3, 0.4) is 0 Å². The van der Waals surface area contributed by atoms with Gasteiger partial charge in [-0.05, 0) is 29.3 Å². The molecule has 88 valence electrons. The van der Waals surface area contributed by atoms with E-state index in [1.165, 1.54) is 0 Å². The van der Waals surface area contributed by atoms with E-state index in [0.717, 1.165) is 16.8 Å². The van der Waals surface area contributed by atoms with Gasteiger partial charge in [0.15, 0.2) is 0 Å². The van der Waals surface area contributed by atoms with E-state index >= 15 is 0 Å². The summed E-state index contributed by atoms with van der Waals surface area (Å²) >= 11 is 11.9. The molecule has 0 aliphatic carbocycles. The second-order valence-corrected chi connectivity index (χ2v) is 4.52. The summed E-state index contributed by atoms with van der Waals surface area (Å²) < 4.78 is 0. The molecule has 17 heavy (non-hydrogen) atoms. The van der Waals surface area contributed by atoms with Crippen LogP contribution < -0.4 is 0 Å². The highest BCUT2D eigenvalue weighted by atomic mass is 35.5. The highest BCUT2D eigenvalue weighted by Gasteiger charge is 2.07. The first kappa shape index (κ1) is 12.4. The maximum absolute atomic E-state index is 9.22. The summed E-state index contributed by atoms with van der Waals surface area (Å²) in [5.41, 5.74) is 2.60. The van der Waals surface area contributed by atoms with Gasteiger partial charge in [-0.25, -0.2) is 0 Å². The van der Waals surface area contributed by atoms with Crippen molar-refractivity contribution in [2.75, 3.05) is 0 Å². The molecule has 1 heterocycles. The Hall–Kier alpha value is -1.09. The van der Waals surface area contributed by atoms with Crippen molar-refractivity contribution < 1.29 is 5.11 Å². The van der Waals surface area contributed by atoms with Crippen molar-refractivity contribution in [1.82, 2.24) is 4.98 Å². The van der Waals surface area contributed by atoms with E-state index in [4.69, 9.17) is 23.2 Å². The molecule has 2 rings (SSSR count). The smallest absolute Gasteiger partial charge is 0.0699 e. The maximum atomic E-state index is 9.22. The summed E-state index contributed by atoms with van der Waals surface area (Å²) in [6.45, 7) is -0.0195. The Morgan fingerprint density at radius 3 is 2.65 bits per heavy atom. The average Bonchev–Trinajstić information content (AvgIpc) is 2.33. The van der Waals surface area contributed by atoms with Gasteiger partial charge in [0, 0.05) is 22.7 Å². The van der Waals surface area contributed by atoms with E-state index in [1.54, 1.807) is 24.4 Å². The molecule has 4 heteroatoms. The summed E-state index contributed by atoms with van der Waals surface area (Å²) in [6.07, 6.45) is 2.30. The molecule has 0 saturated heterocycles. The molecule has 0 spiro atoms. The number of aliphatic hydroxyl groups is 1. The SMILES string of the molecule is OCc1cccnc1Cc1ccc(Cl)cc1Cl. The third-order valence-electron chi connectivity index (χ3n) is 2.53. The molecular weight excluding hydrogens is 257 g/mol. The minimum Gasteiger partial charge on any atom is -0.392 e. The van der Waals surface area contributed by atoms with E-state index in [0.29, 0.717) is 16.5 Å². The fraction of sp³-hybridized carbons (Fsp3) is 0.154. The molecule has 0 atom stereocenters. The number of aromatic nitrogens is 1. The van der Waals surface area contributed by atoms with E-state index in [2.05, 4.69) is 4.98 Å². The Morgan fingerprint density at radius 1 is 1.12 bits per heavy atom. The summed E-state index contributed by atoms with van der Waals surface area (Å²) in [5, 5.41) is 10.4. The third kappa shape index (κ3) is 2.97. The number of benzene rings is 1. The molecule has 0 saturated carbocycles. The lowest BCUT2D eigenvalue weighted by Gasteiger charge is -2.07. The van der Waals surface area contributed by atoms with Gasteiger partial charge < -0.3 is 5.11 Å². The minimum absolute atomic E-state index is 0.0195. The van der Waals surface area contributed by atoms with Gasteiger partial charge in [0.1, 0.15) is 0 Å². The predicted molar refractivity (Wildman–Crippen MR) is 69.4 cm³/mol. The number of pyridine rings is 1. The van der Waals surface area contributed by atoms with Crippen LogP contribution >= 0.6 is 23.2 Å². The molecule has 0 unspecified atom stereocenters. The van der Waals surface area contributed by atoms with Gasteiger partial charge in [-0.15, -0.1) is 0 Å². The third-order valence-corrected chi connectivity index (χ3v) is 3.11. The van der Waals surface area contributed by atoms with Crippen LogP contribution in [0.1, 0.15) is 16.8 Å². The molecule has 0 aliphatic rings. The predicted octanol–water partition coefficient (Wildman–Crippen LogP) is 3.47. The molecular formula is C13H11Cl2NO. The van der Waals surface area contributed by atoms with Crippen molar-refractivity contribution in [3.8, 4) is 0 Å². The zero-order chi connectivity index (χ0) is 12.3. The standard InChI is InChI=1S/C13H11Cl2NO/c14-11-4-3-9(12(15)7-11)6-13-10(8-17)2-1-5-16-13/h1-5,7,17H,6,8H2. The first-order valence-corrected chi connectivity index (χ1v) is 5.94. The highest BCUT2D eigenvalue weighted by molar-refractivity contribution is 6.35. The number of rotatable bonds is 3. The van der Waals surface area contributed by atoms with Crippen molar-refractivity contribution >= 4 is 23.2 Å². The van der Waals surface area contributed by atoms with Crippen LogP contribution in [0.25, 0.3) is 0 Å². The van der Waals surface area contributed by atoms with Gasteiger partial charge in [0.25, 0.3) is 0 Å². The topological polar surface area (TPSA) is 33.1 Å². The van der Waals surface area contributed by atoms with Crippen LogP contribution in [-0.2, 0) is 13.0 Å². The molecule has 0 bridgehead atoms. The Labute approximate surface area is 110 Å². The van der Waals surface area contributed by atoms with Crippen LogP contribution in [0.15, 0.2) is 36.5 Å². The van der Waals surface area contributed by atoms with Crippen LogP contribution in [0, 0.1) is 0 Å². The Kier molecular flexibility index (Phi) is 4.00. The van der Waals surface area contributed by atoms with E-state index in [9.17, 15) is 5.11 Å². The fourth-order valence-corrected chi connectivity index (χ4v) is 2.10. The number of nitrogens with zero attached hydrogens (tertiary/aromatic N) is 1. The number of hydrogen-bond acceptors (Lipinski definition) is 2. The highest BCUT2D eigenvalue weighted by Crippen LogP contribution is 2.23. The van der Waals surface area contributed by atoms with Crippen LogP contribution in [0.5, 0.6) is 0 Å². The Balaban J connectivity index is 2.31. The largest absolute Gasteiger partial charge is 0.392 e. The second-order valence-electron chi connectivity index (χ2n) is 3.68. The van der Waals surface area contributed by atoms with Crippen LogP contribution in [0.2, 0.25) is 10.0 Å². The number of aliphatic hydroxyl groups excluding tert-OH is 1. The summed E-state index contributed by atoms with van der Waals surface area (Å²) in [7, 11) is 0. The maximum Gasteiger partial charge on any atom is 0.0699 e. The van der Waals surface area contributed by atoms with Gasteiger partial charge >= 0.3 is 0 Å². The van der Waals surface area contributed by atoms with Crippen LogP contribution in [0.4, 0.5) is 0 Å². The summed E-state index contributed by atoms with van der Waals surface area (Å²) in [4.78, 5) is 4.26. The average molecular weight is 268 g/mol. The molecule has 1 aromatic heterocycles. The Bertz CT molecular complexity index is 529. The number of halogens is 2. The zero-order valence-corrected chi connectivity index (χ0v) is 10.5. The zero-order valence-electron chi connectivity index (χ0n) is 9.03. The summed E-state index contributed by atoms with van der Waals surface area (Å²) in [5.74, 6) is 0. The molecule has 1 N–H and O–H groups in total. The van der Waals surface area contributed by atoms with Crippen LogP contribution in [-0.4, -0.2) is 10.1 Å². The monoisotopic (exact) mass is 267 g/mol. The molecule has 0 aliphatic heterocycles. The van der Waals surface area contributed by atoms with Crippen molar-refractivity contribution in [2.45, 2.75) is 13.0 Å². The lowest BCUT2D eigenvalue weighted by molar-refractivity contribution is 0.280. The molecule has 2 aromatic rings. The van der Waals surface area contributed by atoms with Gasteiger partial charge in [-0.1, -0.05) is 35.3 Å². The van der Waals surface area contributed by atoms with E-state index in [1.807, 2.05) is 12.1 Å². The normalized spacial score (nSPS) is 10.5. The number of hydrogen-bond donors (Lipinski definition) is 1.